The van der Waals surface area contributed by atoms with Crippen molar-refractivity contribution in [2.24, 2.45) is 10.9 Å². The number of amides is 2. The lowest BCUT2D eigenvalue weighted by atomic mass is 10.0. The number of thioether (sulfide) groups is 3. The molecule has 196 valence electrons. The standard InChI is InChI=1S/C20H20ClN7O5S4/c21-15-11(26-20(23)37-15)12(27-33)16(29)25-13-17(30)28-14(19(31)32)10(7-35-18(13)28)36-9-5-24-3-1-8(9)6-34-4-2-22/h1,3,5,13,18,33H,2,4,6-7,22H2,(H2,23,26)(H,25,29)(H,31,32)/b27-12-/t13-,18-/m1/s1. The van der Waals surface area contributed by atoms with Gasteiger partial charge in [-0.05, 0) is 11.6 Å². The van der Waals surface area contributed by atoms with E-state index in [-0.39, 0.29) is 20.9 Å². The van der Waals surface area contributed by atoms with Crippen molar-refractivity contribution in [1.82, 2.24) is 20.2 Å². The predicted molar refractivity (Wildman–Crippen MR) is 145 cm³/mol. The van der Waals surface area contributed by atoms with E-state index in [2.05, 4.69) is 20.4 Å². The molecule has 0 saturated carbocycles. The van der Waals surface area contributed by atoms with Crippen LogP contribution in [0.1, 0.15) is 11.3 Å². The summed E-state index contributed by atoms with van der Waals surface area (Å²) in [5, 5.41) is 24.2. The summed E-state index contributed by atoms with van der Waals surface area (Å²) in [5.74, 6) is -0.985. The van der Waals surface area contributed by atoms with E-state index in [4.69, 9.17) is 23.1 Å². The molecule has 2 atom stereocenters. The molecule has 12 nitrogen and oxygen atoms in total. The number of aliphatic carboxylic acids is 1. The van der Waals surface area contributed by atoms with Gasteiger partial charge in [0.25, 0.3) is 11.8 Å². The fraction of sp³-hybridized carbons (Fsp3) is 0.300. The van der Waals surface area contributed by atoms with Crippen LogP contribution in [0.4, 0.5) is 5.13 Å². The lowest BCUT2D eigenvalue weighted by Crippen LogP contribution is -2.71. The van der Waals surface area contributed by atoms with E-state index < -0.39 is 34.9 Å². The van der Waals surface area contributed by atoms with E-state index >= 15 is 0 Å². The van der Waals surface area contributed by atoms with E-state index in [1.54, 1.807) is 24.2 Å². The van der Waals surface area contributed by atoms with Crippen molar-refractivity contribution < 1.29 is 24.7 Å². The maximum Gasteiger partial charge on any atom is 0.353 e. The Kier molecular flexibility index (Phi) is 8.86. The number of nitrogens with two attached hydrogens (primary N) is 2. The van der Waals surface area contributed by atoms with Gasteiger partial charge in [-0.25, -0.2) is 9.78 Å². The number of nitrogens with one attached hydrogen (secondary N) is 1. The SMILES string of the molecule is NCCSCc1ccncc1SC1=C(C(=O)O)N2C(=O)[C@@H](NC(=O)/C(=N\O)c3nc(N)sc3Cl)[C@H]2SC1. The van der Waals surface area contributed by atoms with Gasteiger partial charge >= 0.3 is 5.97 Å². The van der Waals surface area contributed by atoms with Crippen molar-refractivity contribution >= 4 is 86.9 Å². The molecule has 0 bridgehead atoms. The second-order valence-electron chi connectivity index (χ2n) is 7.49. The van der Waals surface area contributed by atoms with Gasteiger partial charge < -0.3 is 27.1 Å². The Morgan fingerprint density at radius 1 is 1.41 bits per heavy atom. The van der Waals surface area contributed by atoms with Gasteiger partial charge in [-0.15, -0.1) is 11.8 Å². The highest BCUT2D eigenvalue weighted by molar-refractivity contribution is 8.06. The summed E-state index contributed by atoms with van der Waals surface area (Å²) in [5.41, 5.74) is 11.4. The average Bonchev–Trinajstić information content (AvgIpc) is 3.20. The number of rotatable bonds is 10. The van der Waals surface area contributed by atoms with E-state index in [1.807, 2.05) is 6.07 Å². The molecule has 0 aromatic carbocycles. The minimum atomic E-state index is -1.25. The number of nitrogen functional groups attached to an aromatic ring is 1. The smallest absolute Gasteiger partial charge is 0.353 e. The Morgan fingerprint density at radius 2 is 2.19 bits per heavy atom. The fourth-order valence-corrected chi connectivity index (χ4v) is 7.93. The van der Waals surface area contributed by atoms with Gasteiger partial charge in [0.05, 0.1) is 0 Å². The number of carbonyl (C=O) groups is 3. The Hall–Kier alpha value is -2.50. The predicted octanol–water partition coefficient (Wildman–Crippen LogP) is 1.63. The third kappa shape index (κ3) is 5.68. The normalized spacial score (nSPS) is 19.5. The van der Waals surface area contributed by atoms with Crippen molar-refractivity contribution in [2.45, 2.75) is 22.1 Å². The van der Waals surface area contributed by atoms with Gasteiger partial charge in [-0.2, -0.15) is 11.8 Å². The second kappa shape index (κ2) is 11.9. The van der Waals surface area contributed by atoms with Crippen LogP contribution in [0.3, 0.4) is 0 Å². The number of anilines is 1. The molecule has 0 spiro atoms. The summed E-state index contributed by atoms with van der Waals surface area (Å²) < 4.78 is 0.0445. The molecular weight excluding hydrogens is 582 g/mol. The molecule has 4 heterocycles. The fourth-order valence-electron chi connectivity index (χ4n) is 3.56. The number of β-lactam (4-membered cyclic amide) rings is 1. The van der Waals surface area contributed by atoms with E-state index in [0.29, 0.717) is 23.0 Å². The summed E-state index contributed by atoms with van der Waals surface area (Å²) in [6.07, 6.45) is 3.34. The van der Waals surface area contributed by atoms with Crippen molar-refractivity contribution in [3.8, 4) is 0 Å². The second-order valence-corrected chi connectivity index (χ2v) is 12.5. The highest BCUT2D eigenvalue weighted by atomic mass is 35.5. The Labute approximate surface area is 232 Å². The van der Waals surface area contributed by atoms with Gasteiger partial charge in [0.15, 0.2) is 10.8 Å². The number of hydrogen-bond donors (Lipinski definition) is 5. The molecule has 2 aromatic heterocycles. The number of hydrogen-bond acceptors (Lipinski definition) is 13. The average molecular weight is 602 g/mol. The molecule has 1 fully saturated rings. The highest BCUT2D eigenvalue weighted by Crippen LogP contribution is 2.45. The number of carboxylic acid groups (broad SMARTS) is 1. The Bertz CT molecular complexity index is 1300. The summed E-state index contributed by atoms with van der Waals surface area (Å²) in [4.78, 5) is 48.5. The molecule has 4 rings (SSSR count). The monoisotopic (exact) mass is 601 g/mol. The first kappa shape index (κ1) is 27.5. The number of carboxylic acids is 1. The molecule has 17 heteroatoms. The zero-order chi connectivity index (χ0) is 26.7. The number of oxime groups is 1. The molecule has 0 radical (unpaired) electrons. The van der Waals surface area contributed by atoms with Crippen molar-refractivity contribution in [1.29, 1.82) is 0 Å². The van der Waals surface area contributed by atoms with Gasteiger partial charge in [0.1, 0.15) is 27.1 Å². The Balaban J connectivity index is 1.52. The highest BCUT2D eigenvalue weighted by Gasteiger charge is 2.54. The number of thiazole rings is 1. The molecular formula is C20H20ClN7O5S4. The molecule has 2 aliphatic rings. The summed E-state index contributed by atoms with van der Waals surface area (Å²) in [6, 6.07) is 0.834. The quantitative estimate of drug-likeness (QED) is 0.0868. The number of carbonyl (C=O) groups excluding carboxylic acids is 2. The van der Waals surface area contributed by atoms with E-state index in [9.17, 15) is 24.7 Å². The Morgan fingerprint density at radius 3 is 2.84 bits per heavy atom. The summed E-state index contributed by atoms with van der Waals surface area (Å²) >= 11 is 11.1. The third-order valence-electron chi connectivity index (χ3n) is 5.19. The van der Waals surface area contributed by atoms with Gasteiger partial charge in [-0.3, -0.25) is 19.5 Å². The van der Waals surface area contributed by atoms with Crippen LogP contribution in [0.2, 0.25) is 4.34 Å². The molecule has 37 heavy (non-hydrogen) atoms. The molecule has 1 saturated heterocycles. The number of nitrogens with zero attached hydrogens (tertiary/aromatic N) is 4. The molecule has 2 aromatic rings. The third-order valence-corrected chi connectivity index (χ3v) is 9.94. The van der Waals surface area contributed by atoms with Crippen molar-refractivity contribution in [3.05, 3.63) is 44.7 Å². The molecule has 2 aliphatic heterocycles. The van der Waals surface area contributed by atoms with Crippen LogP contribution >= 0.6 is 58.2 Å². The summed E-state index contributed by atoms with van der Waals surface area (Å²) in [6.45, 7) is 0.551. The number of pyridine rings is 1. The zero-order valence-corrected chi connectivity index (χ0v) is 22.8. The topological polar surface area (TPSA) is 197 Å². The van der Waals surface area contributed by atoms with Crippen LogP contribution in [0.25, 0.3) is 0 Å². The first-order valence-electron chi connectivity index (χ1n) is 10.5. The first-order valence-corrected chi connectivity index (χ1v) is 14.7. The van der Waals surface area contributed by atoms with E-state index in [1.165, 1.54) is 23.5 Å². The van der Waals surface area contributed by atoms with Crippen LogP contribution in [0.5, 0.6) is 0 Å². The number of halogens is 1. The van der Waals surface area contributed by atoms with Gasteiger partial charge in [0.2, 0.25) is 0 Å². The first-order chi connectivity index (χ1) is 17.8. The molecule has 0 unspecified atom stereocenters. The van der Waals surface area contributed by atoms with Crippen LogP contribution in [0, 0.1) is 0 Å². The van der Waals surface area contributed by atoms with Gasteiger partial charge in [0, 0.05) is 46.0 Å². The maximum absolute atomic E-state index is 13.0. The van der Waals surface area contributed by atoms with Crippen molar-refractivity contribution in [2.75, 3.05) is 23.8 Å². The lowest BCUT2D eigenvalue weighted by Gasteiger charge is -2.49. The molecule has 0 aliphatic carbocycles. The molecule has 7 N–H and O–H groups in total. The minimum absolute atomic E-state index is 0.0445. The van der Waals surface area contributed by atoms with E-state index in [0.717, 1.165) is 32.4 Å². The van der Waals surface area contributed by atoms with Crippen LogP contribution < -0.4 is 16.8 Å². The van der Waals surface area contributed by atoms with Crippen LogP contribution in [-0.2, 0) is 20.1 Å². The number of fused-ring (bicyclic) bond motifs is 1. The van der Waals surface area contributed by atoms with Crippen molar-refractivity contribution in [3.63, 3.8) is 0 Å². The largest absolute Gasteiger partial charge is 0.477 e. The minimum Gasteiger partial charge on any atom is -0.477 e. The van der Waals surface area contributed by atoms with Crippen LogP contribution in [-0.4, -0.2) is 78.1 Å². The summed E-state index contributed by atoms with van der Waals surface area (Å²) in [7, 11) is 0. The maximum atomic E-state index is 13.0. The lowest BCUT2D eigenvalue weighted by molar-refractivity contribution is -0.150. The number of aromatic nitrogens is 2. The van der Waals surface area contributed by atoms with Gasteiger partial charge in [-0.1, -0.05) is 39.9 Å². The molecule has 2 amide bonds. The van der Waals surface area contributed by atoms with Crippen LogP contribution in [0.15, 0.2) is 39.1 Å². The zero-order valence-electron chi connectivity index (χ0n) is 18.8.